The van der Waals surface area contributed by atoms with Crippen molar-refractivity contribution in [1.82, 2.24) is 9.80 Å². The fraction of sp³-hybridized carbons (Fsp3) is 0.294. The van der Waals surface area contributed by atoms with Crippen molar-refractivity contribution < 1.29 is 0 Å². The van der Waals surface area contributed by atoms with Gasteiger partial charge in [-0.3, -0.25) is 9.80 Å². The van der Waals surface area contributed by atoms with Gasteiger partial charge in [0.05, 0.1) is 12.1 Å². The summed E-state index contributed by atoms with van der Waals surface area (Å²) in [6.07, 6.45) is 0. The molecule has 4 atom stereocenters. The molecule has 0 saturated carbocycles. The van der Waals surface area contributed by atoms with Gasteiger partial charge in [-0.05, 0) is 36.1 Å². The standard InChI is InChI=1S/2C17H20N2/c2*1-13-16(18)12-19(13)17(14-8-4-2-5-9-14)15-10-6-3-7-11-15/h2*2-11,13,16-17H,12,18H2,1H3/t2*13-,16+/m10/s1. The lowest BCUT2D eigenvalue weighted by Gasteiger charge is -2.49. The summed E-state index contributed by atoms with van der Waals surface area (Å²) in [6.45, 7) is 6.37. The maximum atomic E-state index is 6.06. The normalized spacial score (nSPS) is 23.3. The van der Waals surface area contributed by atoms with Crippen molar-refractivity contribution in [2.24, 2.45) is 11.5 Å². The van der Waals surface area contributed by atoms with Crippen LogP contribution in [0.3, 0.4) is 0 Å². The summed E-state index contributed by atoms with van der Waals surface area (Å²) >= 11 is 0. The Morgan fingerprint density at radius 3 is 0.895 bits per heavy atom. The summed E-state index contributed by atoms with van der Waals surface area (Å²) in [5.41, 5.74) is 17.5. The first kappa shape index (κ1) is 26.3. The monoisotopic (exact) mass is 504 g/mol. The number of nitrogens with two attached hydrogens (primary N) is 2. The third-order valence-electron chi connectivity index (χ3n) is 8.25. The van der Waals surface area contributed by atoms with Crippen molar-refractivity contribution in [2.75, 3.05) is 13.1 Å². The van der Waals surface area contributed by atoms with Crippen LogP contribution in [0.2, 0.25) is 0 Å². The summed E-state index contributed by atoms with van der Waals surface area (Å²) in [5, 5.41) is 0. The number of hydrogen-bond acceptors (Lipinski definition) is 4. The Hall–Kier alpha value is -3.28. The molecular formula is C34H40N4. The molecule has 2 saturated heterocycles. The van der Waals surface area contributed by atoms with Gasteiger partial charge in [0.25, 0.3) is 0 Å². The summed E-state index contributed by atoms with van der Waals surface area (Å²) in [5.74, 6) is 0. The molecule has 2 fully saturated rings. The molecule has 2 heterocycles. The Kier molecular flexibility index (Phi) is 8.35. The van der Waals surface area contributed by atoms with Gasteiger partial charge < -0.3 is 11.5 Å². The summed E-state index contributed by atoms with van der Waals surface area (Å²) in [6, 6.07) is 44.8. The van der Waals surface area contributed by atoms with E-state index in [2.05, 4.69) is 145 Å². The van der Waals surface area contributed by atoms with Crippen molar-refractivity contribution in [3.05, 3.63) is 144 Å². The molecule has 4 aromatic carbocycles. The summed E-state index contributed by atoms with van der Waals surface area (Å²) < 4.78 is 0. The van der Waals surface area contributed by atoms with E-state index in [0.717, 1.165) is 13.1 Å². The van der Waals surface area contributed by atoms with Gasteiger partial charge in [-0.1, -0.05) is 121 Å². The van der Waals surface area contributed by atoms with Crippen LogP contribution in [0, 0.1) is 0 Å². The average Bonchev–Trinajstić information content (AvgIpc) is 2.99. The third-order valence-corrected chi connectivity index (χ3v) is 8.25. The van der Waals surface area contributed by atoms with Crippen LogP contribution in [0.5, 0.6) is 0 Å². The third kappa shape index (κ3) is 5.59. The summed E-state index contributed by atoms with van der Waals surface area (Å²) in [4.78, 5) is 4.96. The number of rotatable bonds is 6. The average molecular weight is 505 g/mol. The van der Waals surface area contributed by atoms with E-state index in [-0.39, 0.29) is 0 Å². The molecule has 196 valence electrons. The van der Waals surface area contributed by atoms with Gasteiger partial charge in [-0.2, -0.15) is 0 Å². The predicted molar refractivity (Wildman–Crippen MR) is 158 cm³/mol. The molecule has 0 radical (unpaired) electrons. The number of hydrogen-bond donors (Lipinski definition) is 2. The Morgan fingerprint density at radius 2 is 0.711 bits per heavy atom. The molecule has 0 unspecified atom stereocenters. The van der Waals surface area contributed by atoms with Crippen molar-refractivity contribution in [3.8, 4) is 0 Å². The van der Waals surface area contributed by atoms with E-state index < -0.39 is 0 Å². The van der Waals surface area contributed by atoms with Gasteiger partial charge in [0.1, 0.15) is 0 Å². The fourth-order valence-electron chi connectivity index (χ4n) is 5.71. The second-order valence-electron chi connectivity index (χ2n) is 10.7. The largest absolute Gasteiger partial charge is 0.325 e. The van der Waals surface area contributed by atoms with Gasteiger partial charge >= 0.3 is 0 Å². The molecule has 4 heteroatoms. The highest BCUT2D eigenvalue weighted by atomic mass is 15.3. The number of likely N-dealkylation sites (tertiary alicyclic amines) is 2. The lowest BCUT2D eigenvalue weighted by molar-refractivity contribution is 0.0447. The first-order valence-electron chi connectivity index (χ1n) is 13.8. The van der Waals surface area contributed by atoms with Crippen LogP contribution in [-0.2, 0) is 0 Å². The minimum Gasteiger partial charge on any atom is -0.325 e. The Labute approximate surface area is 227 Å². The van der Waals surface area contributed by atoms with E-state index >= 15 is 0 Å². The molecule has 2 aliphatic rings. The van der Waals surface area contributed by atoms with E-state index in [1.54, 1.807) is 0 Å². The smallest absolute Gasteiger partial charge is 0.0605 e. The van der Waals surface area contributed by atoms with Crippen molar-refractivity contribution in [1.29, 1.82) is 0 Å². The highest BCUT2D eigenvalue weighted by molar-refractivity contribution is 5.34. The van der Waals surface area contributed by atoms with E-state index in [0.29, 0.717) is 36.3 Å². The van der Waals surface area contributed by atoms with Gasteiger partial charge in [-0.25, -0.2) is 0 Å². The van der Waals surface area contributed by atoms with Crippen LogP contribution < -0.4 is 11.5 Å². The molecule has 4 nitrogen and oxygen atoms in total. The lowest BCUT2D eigenvalue weighted by Crippen LogP contribution is -2.63. The molecule has 4 N–H and O–H groups in total. The molecule has 2 aliphatic heterocycles. The highest BCUT2D eigenvalue weighted by Gasteiger charge is 2.39. The fourth-order valence-corrected chi connectivity index (χ4v) is 5.71. The minimum atomic E-state index is 0.301. The zero-order chi connectivity index (χ0) is 26.5. The molecule has 38 heavy (non-hydrogen) atoms. The van der Waals surface area contributed by atoms with Crippen molar-refractivity contribution in [3.63, 3.8) is 0 Å². The molecule has 6 rings (SSSR count). The van der Waals surface area contributed by atoms with Gasteiger partial charge in [0.2, 0.25) is 0 Å². The van der Waals surface area contributed by atoms with Crippen LogP contribution in [0.1, 0.15) is 48.2 Å². The van der Waals surface area contributed by atoms with Crippen LogP contribution in [-0.4, -0.2) is 47.1 Å². The topological polar surface area (TPSA) is 58.5 Å². The molecule has 4 aromatic rings. The van der Waals surface area contributed by atoms with Gasteiger partial charge in [0.15, 0.2) is 0 Å². The molecule has 0 aliphatic carbocycles. The number of nitrogens with zero attached hydrogens (tertiary/aromatic N) is 2. The second-order valence-corrected chi connectivity index (χ2v) is 10.7. The molecular weight excluding hydrogens is 464 g/mol. The Balaban J connectivity index is 0.000000155. The zero-order valence-corrected chi connectivity index (χ0v) is 22.5. The van der Waals surface area contributed by atoms with Crippen molar-refractivity contribution in [2.45, 2.75) is 50.1 Å². The molecule has 0 aromatic heterocycles. The quantitative estimate of drug-likeness (QED) is 0.358. The molecule has 0 spiro atoms. The van der Waals surface area contributed by atoms with Crippen LogP contribution >= 0.6 is 0 Å². The van der Waals surface area contributed by atoms with Crippen LogP contribution in [0.15, 0.2) is 121 Å². The highest BCUT2D eigenvalue weighted by Crippen LogP contribution is 2.36. The maximum absolute atomic E-state index is 6.06. The second kappa shape index (κ2) is 12.1. The van der Waals surface area contributed by atoms with Crippen molar-refractivity contribution >= 4 is 0 Å². The minimum absolute atomic E-state index is 0.301. The predicted octanol–water partition coefficient (Wildman–Crippen LogP) is 5.61. The Bertz CT molecular complexity index is 1070. The maximum Gasteiger partial charge on any atom is 0.0605 e. The van der Waals surface area contributed by atoms with E-state index in [1.165, 1.54) is 22.3 Å². The summed E-state index contributed by atoms with van der Waals surface area (Å²) in [7, 11) is 0. The molecule has 0 amide bonds. The SMILES string of the molecule is C[C@@H]1[C@@H](N)CN1C(c1ccccc1)c1ccccc1.C[C@H]1[C@H](N)CN1C(c1ccccc1)c1ccccc1. The van der Waals surface area contributed by atoms with Crippen LogP contribution in [0.4, 0.5) is 0 Å². The first-order chi connectivity index (χ1) is 18.5. The van der Waals surface area contributed by atoms with E-state index in [4.69, 9.17) is 11.5 Å². The zero-order valence-electron chi connectivity index (χ0n) is 22.5. The van der Waals surface area contributed by atoms with Gasteiger partial charge in [0, 0.05) is 37.3 Å². The lowest BCUT2D eigenvalue weighted by atomic mass is 9.89. The number of benzene rings is 4. The van der Waals surface area contributed by atoms with Crippen LogP contribution in [0.25, 0.3) is 0 Å². The Morgan fingerprint density at radius 1 is 0.474 bits per heavy atom. The first-order valence-corrected chi connectivity index (χ1v) is 13.8. The van der Waals surface area contributed by atoms with E-state index in [1.807, 2.05) is 0 Å². The molecule has 0 bridgehead atoms. The van der Waals surface area contributed by atoms with Gasteiger partial charge in [-0.15, -0.1) is 0 Å². The van der Waals surface area contributed by atoms with E-state index in [9.17, 15) is 0 Å².